The van der Waals surface area contributed by atoms with Crippen molar-refractivity contribution in [2.75, 3.05) is 26.2 Å². The number of carbonyl (C=O) groups is 2. The van der Waals surface area contributed by atoms with E-state index in [1.54, 1.807) is 51.6 Å². The molecule has 0 spiro atoms. The third kappa shape index (κ3) is 4.91. The van der Waals surface area contributed by atoms with Crippen molar-refractivity contribution in [2.24, 2.45) is 5.92 Å². The topological polar surface area (TPSA) is 53.5 Å². The van der Waals surface area contributed by atoms with E-state index in [1.807, 2.05) is 6.07 Å². The van der Waals surface area contributed by atoms with Crippen LogP contribution < -0.4 is 0 Å². The lowest BCUT2D eigenvalue weighted by atomic mass is 9.96. The molecule has 31 heavy (non-hydrogen) atoms. The first-order chi connectivity index (χ1) is 15.2. The van der Waals surface area contributed by atoms with Gasteiger partial charge in [-0.2, -0.15) is 0 Å². The molecule has 3 heterocycles. The molecular formula is C25H25N3O2S. The molecule has 1 saturated heterocycles. The van der Waals surface area contributed by atoms with Crippen molar-refractivity contribution in [3.05, 3.63) is 90.1 Å². The van der Waals surface area contributed by atoms with Crippen LogP contribution >= 0.6 is 11.3 Å². The molecule has 0 bridgehead atoms. The number of thiophene rings is 1. The van der Waals surface area contributed by atoms with Crippen LogP contribution in [0, 0.1) is 5.92 Å². The maximum atomic E-state index is 13.2. The zero-order valence-corrected chi connectivity index (χ0v) is 18.1. The minimum Gasteiger partial charge on any atom is -0.337 e. The van der Waals surface area contributed by atoms with E-state index in [0.29, 0.717) is 38.3 Å². The highest BCUT2D eigenvalue weighted by molar-refractivity contribution is 7.13. The minimum atomic E-state index is -0.303. The van der Waals surface area contributed by atoms with Gasteiger partial charge < -0.3 is 9.80 Å². The second-order valence-electron chi connectivity index (χ2n) is 7.61. The van der Waals surface area contributed by atoms with Gasteiger partial charge in [-0.3, -0.25) is 14.6 Å². The fraction of sp³-hybridized carbons (Fsp3) is 0.240. The number of rotatable bonds is 6. The molecule has 1 fully saturated rings. The van der Waals surface area contributed by atoms with Gasteiger partial charge in [0.1, 0.15) is 5.69 Å². The van der Waals surface area contributed by atoms with Gasteiger partial charge in [-0.05, 0) is 41.1 Å². The van der Waals surface area contributed by atoms with E-state index in [4.69, 9.17) is 0 Å². The lowest BCUT2D eigenvalue weighted by molar-refractivity contribution is -0.134. The van der Waals surface area contributed by atoms with Crippen molar-refractivity contribution < 1.29 is 9.59 Å². The maximum Gasteiger partial charge on any atom is 0.272 e. The second kappa shape index (κ2) is 9.71. The molecule has 2 aromatic heterocycles. The number of nitrogens with zero attached hydrogens (tertiary/aromatic N) is 3. The lowest BCUT2D eigenvalue weighted by Gasteiger charge is -2.23. The summed E-state index contributed by atoms with van der Waals surface area (Å²) in [5.74, 6) is -0.367. The molecule has 158 valence electrons. The molecule has 0 radical (unpaired) electrons. The predicted molar refractivity (Wildman–Crippen MR) is 124 cm³/mol. The van der Waals surface area contributed by atoms with E-state index in [1.165, 1.54) is 10.4 Å². The van der Waals surface area contributed by atoms with Gasteiger partial charge in [0.05, 0.1) is 5.92 Å². The Morgan fingerprint density at radius 1 is 1.13 bits per heavy atom. The largest absolute Gasteiger partial charge is 0.337 e. The summed E-state index contributed by atoms with van der Waals surface area (Å²) in [6.07, 6.45) is 3.94. The third-order valence-electron chi connectivity index (χ3n) is 5.50. The Morgan fingerprint density at radius 3 is 2.65 bits per heavy atom. The number of benzene rings is 1. The van der Waals surface area contributed by atoms with Crippen LogP contribution in [-0.4, -0.2) is 52.8 Å². The van der Waals surface area contributed by atoms with Crippen LogP contribution in [-0.2, 0) is 11.2 Å². The summed E-state index contributed by atoms with van der Waals surface area (Å²) in [5.41, 5.74) is 2.67. The van der Waals surface area contributed by atoms with Crippen LogP contribution in [0.4, 0.5) is 0 Å². The molecule has 5 nitrogen and oxygen atoms in total. The van der Waals surface area contributed by atoms with E-state index >= 15 is 0 Å². The van der Waals surface area contributed by atoms with Gasteiger partial charge in [-0.1, -0.05) is 42.5 Å². The highest BCUT2D eigenvalue weighted by Crippen LogP contribution is 2.26. The molecule has 2 amide bonds. The molecule has 0 N–H and O–H groups in total. The van der Waals surface area contributed by atoms with E-state index in [0.717, 1.165) is 5.56 Å². The first kappa shape index (κ1) is 21.0. The minimum absolute atomic E-state index is 0.0681. The highest BCUT2D eigenvalue weighted by Gasteiger charge is 2.32. The molecule has 4 rings (SSSR count). The Hall–Kier alpha value is -3.25. The fourth-order valence-electron chi connectivity index (χ4n) is 3.90. The van der Waals surface area contributed by atoms with Gasteiger partial charge in [-0.25, -0.2) is 0 Å². The molecule has 1 aromatic carbocycles. The number of hydrogen-bond acceptors (Lipinski definition) is 4. The standard InChI is InChI=1S/C25H25N3O2S/c1-2-13-27-14-15-28(25(30)22-6-3-4-12-26-22)18-21(24(27)29)17-19-8-10-20(11-9-19)23-7-5-16-31-23/h2-12,16,21H,1,13-15,17-18H2. The molecule has 1 atom stereocenters. The van der Waals surface area contributed by atoms with Crippen molar-refractivity contribution in [2.45, 2.75) is 6.42 Å². The number of aromatic nitrogens is 1. The first-order valence-electron chi connectivity index (χ1n) is 10.4. The Morgan fingerprint density at radius 2 is 1.97 bits per heavy atom. The Bertz CT molecular complexity index is 1030. The highest BCUT2D eigenvalue weighted by atomic mass is 32.1. The summed E-state index contributed by atoms with van der Waals surface area (Å²) in [5, 5.41) is 2.06. The molecular weight excluding hydrogens is 406 g/mol. The summed E-state index contributed by atoms with van der Waals surface area (Å²) in [6, 6.07) is 17.8. The quantitative estimate of drug-likeness (QED) is 0.551. The summed E-state index contributed by atoms with van der Waals surface area (Å²) in [7, 11) is 0. The monoisotopic (exact) mass is 431 g/mol. The Kier molecular flexibility index (Phi) is 6.57. The van der Waals surface area contributed by atoms with Crippen LogP contribution in [0.2, 0.25) is 0 Å². The molecule has 1 aliphatic heterocycles. The van der Waals surface area contributed by atoms with E-state index in [9.17, 15) is 9.59 Å². The number of amides is 2. The second-order valence-corrected chi connectivity index (χ2v) is 8.56. The smallest absolute Gasteiger partial charge is 0.272 e. The van der Waals surface area contributed by atoms with Crippen molar-refractivity contribution in [3.63, 3.8) is 0 Å². The summed E-state index contributed by atoms with van der Waals surface area (Å²) in [6.45, 7) is 5.64. The van der Waals surface area contributed by atoms with Gasteiger partial charge in [0.15, 0.2) is 0 Å². The zero-order chi connectivity index (χ0) is 21.6. The molecule has 0 aliphatic carbocycles. The average Bonchev–Trinajstić information content (AvgIpc) is 3.30. The summed E-state index contributed by atoms with van der Waals surface area (Å²) >= 11 is 1.71. The van der Waals surface area contributed by atoms with Gasteiger partial charge in [0.2, 0.25) is 5.91 Å². The van der Waals surface area contributed by atoms with Crippen molar-refractivity contribution in [1.82, 2.24) is 14.8 Å². The van der Waals surface area contributed by atoms with Crippen molar-refractivity contribution in [1.29, 1.82) is 0 Å². The molecule has 1 unspecified atom stereocenters. The molecule has 6 heteroatoms. The zero-order valence-electron chi connectivity index (χ0n) is 17.3. The van der Waals surface area contributed by atoms with Crippen molar-refractivity contribution in [3.8, 4) is 10.4 Å². The Labute approximate surface area is 186 Å². The maximum absolute atomic E-state index is 13.2. The molecule has 1 aliphatic rings. The molecule has 3 aromatic rings. The van der Waals surface area contributed by atoms with Gasteiger partial charge in [0.25, 0.3) is 5.91 Å². The van der Waals surface area contributed by atoms with Crippen LogP contribution in [0.5, 0.6) is 0 Å². The number of hydrogen-bond donors (Lipinski definition) is 0. The van der Waals surface area contributed by atoms with E-state index < -0.39 is 0 Å². The number of carbonyl (C=O) groups excluding carboxylic acids is 2. The lowest BCUT2D eigenvalue weighted by Crippen LogP contribution is -2.38. The van der Waals surface area contributed by atoms with Crippen molar-refractivity contribution >= 4 is 23.2 Å². The predicted octanol–water partition coefficient (Wildman–Crippen LogP) is 4.14. The third-order valence-corrected chi connectivity index (χ3v) is 6.42. The van der Waals surface area contributed by atoms with Gasteiger partial charge >= 0.3 is 0 Å². The van der Waals surface area contributed by atoms with Crippen LogP contribution in [0.15, 0.2) is 78.8 Å². The first-order valence-corrected chi connectivity index (χ1v) is 11.3. The molecule has 0 saturated carbocycles. The van der Waals surface area contributed by atoms with Gasteiger partial charge in [-0.15, -0.1) is 17.9 Å². The van der Waals surface area contributed by atoms with E-state index in [-0.39, 0.29) is 17.7 Å². The fourth-order valence-corrected chi connectivity index (χ4v) is 4.64. The van der Waals surface area contributed by atoms with Crippen LogP contribution in [0.3, 0.4) is 0 Å². The normalized spacial score (nSPS) is 16.8. The van der Waals surface area contributed by atoms with Crippen LogP contribution in [0.25, 0.3) is 10.4 Å². The van der Waals surface area contributed by atoms with Gasteiger partial charge in [0, 0.05) is 37.3 Å². The summed E-state index contributed by atoms with van der Waals surface area (Å²) < 4.78 is 0. The van der Waals surface area contributed by atoms with Crippen LogP contribution in [0.1, 0.15) is 16.1 Å². The summed E-state index contributed by atoms with van der Waals surface area (Å²) in [4.78, 5) is 35.2. The average molecular weight is 432 g/mol. The Balaban J connectivity index is 1.54. The van der Waals surface area contributed by atoms with E-state index in [2.05, 4.69) is 47.3 Å². The number of pyridine rings is 1. The SMILES string of the molecule is C=CCN1CCN(C(=O)c2ccccn2)CC(Cc2ccc(-c3cccs3)cc2)C1=O.